The van der Waals surface area contributed by atoms with Gasteiger partial charge in [0.05, 0.1) is 5.92 Å². The summed E-state index contributed by atoms with van der Waals surface area (Å²) in [7, 11) is 0. The molecule has 2 rings (SSSR count). The van der Waals surface area contributed by atoms with Crippen molar-refractivity contribution in [3.05, 3.63) is 0 Å². The van der Waals surface area contributed by atoms with Crippen LogP contribution in [0.25, 0.3) is 0 Å². The van der Waals surface area contributed by atoms with Crippen LogP contribution in [0.5, 0.6) is 0 Å². The third kappa shape index (κ3) is 4.20. The molecule has 2 fully saturated rings. The molecule has 0 spiro atoms. The minimum absolute atomic E-state index is 0.0481. The molecule has 1 aliphatic carbocycles. The van der Waals surface area contributed by atoms with Gasteiger partial charge in [-0.05, 0) is 25.2 Å². The highest BCUT2D eigenvalue weighted by molar-refractivity contribution is 5.81. The summed E-state index contributed by atoms with van der Waals surface area (Å²) < 4.78 is 0. The van der Waals surface area contributed by atoms with Crippen molar-refractivity contribution >= 4 is 11.8 Å². The summed E-state index contributed by atoms with van der Waals surface area (Å²) in [4.78, 5) is 26.0. The summed E-state index contributed by atoms with van der Waals surface area (Å²) in [6.45, 7) is 2.37. The first-order valence-electron chi connectivity index (χ1n) is 7.96. The van der Waals surface area contributed by atoms with E-state index >= 15 is 0 Å². The fourth-order valence-corrected chi connectivity index (χ4v) is 3.02. The normalized spacial score (nSPS) is 23.2. The standard InChI is InChI=1S/C15H27N3O2/c16-8-9-17-15(20)13-5-2-10-18(11-13)14(19)7-6-12-3-1-4-12/h12-13H,1-11,16H2,(H,17,20). The van der Waals surface area contributed by atoms with Crippen molar-refractivity contribution in [3.63, 3.8) is 0 Å². The van der Waals surface area contributed by atoms with Crippen LogP contribution in [-0.4, -0.2) is 42.9 Å². The lowest BCUT2D eigenvalue weighted by Gasteiger charge is -2.33. The first-order valence-corrected chi connectivity index (χ1v) is 7.96. The second kappa shape index (κ2) is 7.62. The molecule has 0 aromatic carbocycles. The molecule has 2 amide bonds. The smallest absolute Gasteiger partial charge is 0.224 e. The summed E-state index contributed by atoms with van der Waals surface area (Å²) >= 11 is 0. The van der Waals surface area contributed by atoms with Gasteiger partial charge in [-0.3, -0.25) is 9.59 Å². The molecule has 1 atom stereocenters. The van der Waals surface area contributed by atoms with E-state index in [4.69, 9.17) is 5.73 Å². The molecule has 1 unspecified atom stereocenters. The highest BCUT2D eigenvalue weighted by Gasteiger charge is 2.28. The Morgan fingerprint density at radius 3 is 2.65 bits per heavy atom. The average molecular weight is 281 g/mol. The van der Waals surface area contributed by atoms with Gasteiger partial charge in [-0.1, -0.05) is 19.3 Å². The first kappa shape index (κ1) is 15.3. The van der Waals surface area contributed by atoms with Crippen molar-refractivity contribution in [3.8, 4) is 0 Å². The molecule has 20 heavy (non-hydrogen) atoms. The predicted octanol–water partition coefficient (Wildman–Crippen LogP) is 0.880. The van der Waals surface area contributed by atoms with E-state index in [2.05, 4.69) is 5.32 Å². The van der Waals surface area contributed by atoms with Crippen LogP contribution >= 0.6 is 0 Å². The number of carbonyl (C=O) groups excluding carboxylic acids is 2. The molecular weight excluding hydrogens is 254 g/mol. The van der Waals surface area contributed by atoms with Crippen molar-refractivity contribution in [2.75, 3.05) is 26.2 Å². The minimum Gasteiger partial charge on any atom is -0.355 e. The molecule has 114 valence electrons. The first-order chi connectivity index (χ1) is 9.70. The maximum atomic E-state index is 12.2. The van der Waals surface area contributed by atoms with Gasteiger partial charge in [-0.15, -0.1) is 0 Å². The van der Waals surface area contributed by atoms with Crippen LogP contribution in [0.2, 0.25) is 0 Å². The molecule has 5 nitrogen and oxygen atoms in total. The van der Waals surface area contributed by atoms with Crippen LogP contribution in [-0.2, 0) is 9.59 Å². The maximum absolute atomic E-state index is 12.2. The number of amides is 2. The largest absolute Gasteiger partial charge is 0.355 e. The maximum Gasteiger partial charge on any atom is 0.224 e. The zero-order valence-corrected chi connectivity index (χ0v) is 12.3. The summed E-state index contributed by atoms with van der Waals surface area (Å²) in [6, 6.07) is 0. The summed E-state index contributed by atoms with van der Waals surface area (Å²) in [5.74, 6) is 0.996. The Morgan fingerprint density at radius 2 is 2.00 bits per heavy atom. The Hall–Kier alpha value is -1.10. The SMILES string of the molecule is NCCNC(=O)C1CCCN(C(=O)CCC2CCC2)C1. The van der Waals surface area contributed by atoms with E-state index in [1.165, 1.54) is 19.3 Å². The van der Waals surface area contributed by atoms with E-state index in [0.717, 1.165) is 31.7 Å². The summed E-state index contributed by atoms with van der Waals surface area (Å²) in [6.07, 6.45) is 7.39. The number of nitrogens with two attached hydrogens (primary N) is 1. The number of likely N-dealkylation sites (tertiary alicyclic amines) is 1. The number of hydrogen-bond donors (Lipinski definition) is 2. The third-order valence-corrected chi connectivity index (χ3v) is 4.58. The van der Waals surface area contributed by atoms with Gasteiger partial charge in [0.25, 0.3) is 0 Å². The van der Waals surface area contributed by atoms with Crippen LogP contribution < -0.4 is 11.1 Å². The zero-order valence-electron chi connectivity index (χ0n) is 12.3. The highest BCUT2D eigenvalue weighted by Crippen LogP contribution is 2.30. The number of rotatable bonds is 6. The zero-order chi connectivity index (χ0) is 14.4. The van der Waals surface area contributed by atoms with Crippen LogP contribution in [0.15, 0.2) is 0 Å². The lowest BCUT2D eigenvalue weighted by molar-refractivity contribution is -0.136. The molecule has 2 aliphatic rings. The molecule has 1 saturated carbocycles. The van der Waals surface area contributed by atoms with E-state index in [1.54, 1.807) is 0 Å². The fourth-order valence-electron chi connectivity index (χ4n) is 3.02. The summed E-state index contributed by atoms with van der Waals surface area (Å²) in [5.41, 5.74) is 5.39. The van der Waals surface area contributed by atoms with Gasteiger partial charge in [0.15, 0.2) is 0 Å². The second-order valence-electron chi connectivity index (χ2n) is 6.09. The van der Waals surface area contributed by atoms with Crippen LogP contribution in [0.4, 0.5) is 0 Å². The highest BCUT2D eigenvalue weighted by atomic mass is 16.2. The van der Waals surface area contributed by atoms with Gasteiger partial charge in [-0.25, -0.2) is 0 Å². The van der Waals surface area contributed by atoms with Gasteiger partial charge < -0.3 is 16.0 Å². The third-order valence-electron chi connectivity index (χ3n) is 4.58. The van der Waals surface area contributed by atoms with E-state index in [1.807, 2.05) is 4.90 Å². The number of piperidine rings is 1. The van der Waals surface area contributed by atoms with Crippen LogP contribution in [0, 0.1) is 11.8 Å². The van der Waals surface area contributed by atoms with Gasteiger partial charge in [-0.2, -0.15) is 0 Å². The second-order valence-corrected chi connectivity index (χ2v) is 6.09. The quantitative estimate of drug-likeness (QED) is 0.759. The number of nitrogens with one attached hydrogen (secondary N) is 1. The molecule has 1 heterocycles. The molecular formula is C15H27N3O2. The molecule has 0 aromatic heterocycles. The van der Waals surface area contributed by atoms with Gasteiger partial charge in [0, 0.05) is 32.6 Å². The predicted molar refractivity (Wildman–Crippen MR) is 77.9 cm³/mol. The van der Waals surface area contributed by atoms with Crippen molar-refractivity contribution < 1.29 is 9.59 Å². The van der Waals surface area contributed by atoms with E-state index in [-0.39, 0.29) is 17.7 Å². The average Bonchev–Trinajstić information content (AvgIpc) is 2.43. The molecule has 0 aromatic rings. The van der Waals surface area contributed by atoms with Crippen LogP contribution in [0.1, 0.15) is 44.9 Å². The molecule has 1 saturated heterocycles. The van der Waals surface area contributed by atoms with Crippen molar-refractivity contribution in [2.45, 2.75) is 44.9 Å². The molecule has 0 radical (unpaired) electrons. The molecule has 0 bridgehead atoms. The van der Waals surface area contributed by atoms with Crippen molar-refractivity contribution in [1.82, 2.24) is 10.2 Å². The summed E-state index contributed by atoms with van der Waals surface area (Å²) in [5, 5.41) is 2.83. The minimum atomic E-state index is -0.0528. The van der Waals surface area contributed by atoms with E-state index in [0.29, 0.717) is 26.1 Å². The van der Waals surface area contributed by atoms with E-state index in [9.17, 15) is 9.59 Å². The number of carbonyl (C=O) groups is 2. The van der Waals surface area contributed by atoms with Gasteiger partial charge in [0.1, 0.15) is 0 Å². The Balaban J connectivity index is 1.73. The topological polar surface area (TPSA) is 75.4 Å². The lowest BCUT2D eigenvalue weighted by Crippen LogP contribution is -2.46. The Morgan fingerprint density at radius 1 is 1.20 bits per heavy atom. The molecule has 3 N–H and O–H groups in total. The fraction of sp³-hybridized carbons (Fsp3) is 0.867. The number of nitrogens with zero attached hydrogens (tertiary/aromatic N) is 1. The van der Waals surface area contributed by atoms with E-state index < -0.39 is 0 Å². The molecule has 1 aliphatic heterocycles. The molecule has 5 heteroatoms. The Labute approximate surface area is 121 Å². The van der Waals surface area contributed by atoms with Crippen LogP contribution in [0.3, 0.4) is 0 Å². The lowest BCUT2D eigenvalue weighted by atomic mass is 9.82. The van der Waals surface area contributed by atoms with Crippen molar-refractivity contribution in [2.24, 2.45) is 17.6 Å². The number of hydrogen-bond acceptors (Lipinski definition) is 3. The Bertz CT molecular complexity index is 342. The van der Waals surface area contributed by atoms with Gasteiger partial charge in [0.2, 0.25) is 11.8 Å². The van der Waals surface area contributed by atoms with Crippen molar-refractivity contribution in [1.29, 1.82) is 0 Å². The van der Waals surface area contributed by atoms with Gasteiger partial charge >= 0.3 is 0 Å². The monoisotopic (exact) mass is 281 g/mol. The Kier molecular flexibility index (Phi) is 5.83.